The van der Waals surface area contributed by atoms with Crippen LogP contribution in [0.25, 0.3) is 0 Å². The molecule has 0 aliphatic heterocycles. The molecular weight excluding hydrogens is 290 g/mol. The van der Waals surface area contributed by atoms with Gasteiger partial charge in [-0.05, 0) is 48.6 Å². The number of carboxylic acids is 1. The van der Waals surface area contributed by atoms with E-state index < -0.39 is 12.0 Å². The second kappa shape index (κ2) is 7.09. The van der Waals surface area contributed by atoms with Crippen LogP contribution in [0.3, 0.4) is 0 Å². The van der Waals surface area contributed by atoms with E-state index in [0.29, 0.717) is 5.56 Å². The lowest BCUT2D eigenvalue weighted by Crippen LogP contribution is -2.34. The van der Waals surface area contributed by atoms with Crippen LogP contribution in [0.1, 0.15) is 33.9 Å². The molecule has 2 aromatic rings. The number of aliphatic carboxylic acids is 1. The largest absolute Gasteiger partial charge is 0.479 e. The van der Waals surface area contributed by atoms with Gasteiger partial charge in [0.25, 0.3) is 0 Å². The maximum Gasteiger partial charge on any atom is 0.330 e. The molecule has 1 amide bonds. The number of rotatable bonds is 5. The van der Waals surface area contributed by atoms with Crippen LogP contribution in [0, 0.1) is 20.8 Å². The normalized spacial score (nSPS) is 11.8. The highest BCUT2D eigenvalue weighted by Gasteiger charge is 2.22. The molecule has 2 rings (SSSR count). The molecule has 0 bridgehead atoms. The van der Waals surface area contributed by atoms with E-state index in [0.717, 1.165) is 22.3 Å². The fourth-order valence-electron chi connectivity index (χ4n) is 2.43. The van der Waals surface area contributed by atoms with Crippen molar-refractivity contribution in [3.05, 3.63) is 70.3 Å². The summed E-state index contributed by atoms with van der Waals surface area (Å²) in [6.45, 7) is 5.82. The summed E-state index contributed by atoms with van der Waals surface area (Å²) in [7, 11) is 0. The number of hydrogen-bond acceptors (Lipinski definition) is 2. The van der Waals surface area contributed by atoms with E-state index in [1.807, 2.05) is 57.2 Å². The lowest BCUT2D eigenvalue weighted by molar-refractivity contribution is -0.141. The van der Waals surface area contributed by atoms with E-state index in [-0.39, 0.29) is 12.3 Å². The summed E-state index contributed by atoms with van der Waals surface area (Å²) in [6, 6.07) is 12.0. The molecule has 0 radical (unpaired) electrons. The SMILES string of the molecule is Cc1ccc(C(NC(=O)Cc2ccccc2C)C(=O)O)cc1C. The average Bonchev–Trinajstić information content (AvgIpc) is 2.50. The Kier molecular flexibility index (Phi) is 5.16. The van der Waals surface area contributed by atoms with Gasteiger partial charge in [-0.15, -0.1) is 0 Å². The molecule has 2 N–H and O–H groups in total. The van der Waals surface area contributed by atoms with Gasteiger partial charge in [0.2, 0.25) is 5.91 Å². The van der Waals surface area contributed by atoms with Crippen molar-refractivity contribution in [3.8, 4) is 0 Å². The van der Waals surface area contributed by atoms with E-state index in [4.69, 9.17) is 0 Å². The first-order chi connectivity index (χ1) is 10.9. The van der Waals surface area contributed by atoms with Crippen LogP contribution in [-0.2, 0) is 16.0 Å². The number of carbonyl (C=O) groups is 2. The number of benzene rings is 2. The topological polar surface area (TPSA) is 66.4 Å². The Labute approximate surface area is 136 Å². The molecule has 2 aromatic carbocycles. The molecule has 120 valence electrons. The number of aryl methyl sites for hydroxylation is 3. The predicted molar refractivity (Wildman–Crippen MR) is 89.3 cm³/mol. The Morgan fingerprint density at radius 3 is 2.30 bits per heavy atom. The van der Waals surface area contributed by atoms with Crippen LogP contribution in [0.4, 0.5) is 0 Å². The van der Waals surface area contributed by atoms with Crippen LogP contribution in [0.5, 0.6) is 0 Å². The molecule has 0 heterocycles. The summed E-state index contributed by atoms with van der Waals surface area (Å²) >= 11 is 0. The zero-order chi connectivity index (χ0) is 17.0. The van der Waals surface area contributed by atoms with Crippen molar-refractivity contribution in [1.82, 2.24) is 5.32 Å². The third-order valence-corrected chi connectivity index (χ3v) is 4.03. The van der Waals surface area contributed by atoms with E-state index in [1.54, 1.807) is 6.07 Å². The van der Waals surface area contributed by atoms with E-state index in [2.05, 4.69) is 5.32 Å². The first-order valence-electron chi connectivity index (χ1n) is 7.52. The van der Waals surface area contributed by atoms with E-state index in [1.165, 1.54) is 0 Å². The van der Waals surface area contributed by atoms with Gasteiger partial charge in [0.1, 0.15) is 0 Å². The van der Waals surface area contributed by atoms with Gasteiger partial charge < -0.3 is 10.4 Å². The summed E-state index contributed by atoms with van der Waals surface area (Å²) in [5.74, 6) is -1.36. The van der Waals surface area contributed by atoms with Gasteiger partial charge >= 0.3 is 5.97 Å². The molecule has 23 heavy (non-hydrogen) atoms. The maximum absolute atomic E-state index is 12.2. The van der Waals surface area contributed by atoms with Crippen LogP contribution in [-0.4, -0.2) is 17.0 Å². The van der Waals surface area contributed by atoms with Gasteiger partial charge in [0.15, 0.2) is 6.04 Å². The molecule has 0 fully saturated rings. The molecule has 0 spiro atoms. The van der Waals surface area contributed by atoms with E-state index in [9.17, 15) is 14.7 Å². The van der Waals surface area contributed by atoms with E-state index >= 15 is 0 Å². The Balaban J connectivity index is 2.16. The zero-order valence-electron chi connectivity index (χ0n) is 13.6. The van der Waals surface area contributed by atoms with Gasteiger partial charge in [-0.25, -0.2) is 4.79 Å². The Morgan fingerprint density at radius 2 is 1.70 bits per heavy atom. The molecular formula is C19H21NO3. The molecule has 1 atom stereocenters. The lowest BCUT2D eigenvalue weighted by atomic mass is 10.0. The van der Waals surface area contributed by atoms with Crippen LogP contribution in [0.15, 0.2) is 42.5 Å². The molecule has 1 unspecified atom stereocenters. The van der Waals surface area contributed by atoms with Crippen LogP contribution >= 0.6 is 0 Å². The first kappa shape index (κ1) is 16.7. The van der Waals surface area contributed by atoms with Crippen molar-refractivity contribution in [1.29, 1.82) is 0 Å². The number of carbonyl (C=O) groups excluding carboxylic acids is 1. The quantitative estimate of drug-likeness (QED) is 0.891. The highest BCUT2D eigenvalue weighted by molar-refractivity contribution is 5.86. The lowest BCUT2D eigenvalue weighted by Gasteiger charge is -2.16. The number of carboxylic acid groups (broad SMARTS) is 1. The molecule has 0 aromatic heterocycles. The molecule has 0 saturated heterocycles. The highest BCUT2D eigenvalue weighted by Crippen LogP contribution is 2.18. The summed E-state index contributed by atoms with van der Waals surface area (Å²) in [5.41, 5.74) is 4.58. The fraction of sp³-hybridized carbons (Fsp3) is 0.263. The Morgan fingerprint density at radius 1 is 1.00 bits per heavy atom. The molecule has 4 heteroatoms. The Hall–Kier alpha value is -2.62. The average molecular weight is 311 g/mol. The number of hydrogen-bond donors (Lipinski definition) is 2. The van der Waals surface area contributed by atoms with Gasteiger partial charge in [0, 0.05) is 0 Å². The fourth-order valence-corrected chi connectivity index (χ4v) is 2.43. The van der Waals surface area contributed by atoms with Gasteiger partial charge in [-0.3, -0.25) is 4.79 Å². The second-order valence-electron chi connectivity index (χ2n) is 5.79. The minimum Gasteiger partial charge on any atom is -0.479 e. The molecule has 0 saturated carbocycles. The van der Waals surface area contributed by atoms with Gasteiger partial charge in [-0.2, -0.15) is 0 Å². The maximum atomic E-state index is 12.2. The highest BCUT2D eigenvalue weighted by atomic mass is 16.4. The molecule has 4 nitrogen and oxygen atoms in total. The second-order valence-corrected chi connectivity index (χ2v) is 5.79. The summed E-state index contributed by atoms with van der Waals surface area (Å²) in [5, 5.41) is 12.1. The van der Waals surface area contributed by atoms with Crippen LogP contribution < -0.4 is 5.32 Å². The zero-order valence-corrected chi connectivity index (χ0v) is 13.6. The first-order valence-corrected chi connectivity index (χ1v) is 7.52. The summed E-state index contributed by atoms with van der Waals surface area (Å²) in [6.07, 6.45) is 0.168. The summed E-state index contributed by atoms with van der Waals surface area (Å²) in [4.78, 5) is 23.8. The van der Waals surface area contributed by atoms with Crippen LogP contribution in [0.2, 0.25) is 0 Å². The molecule has 0 aliphatic carbocycles. The standard InChI is InChI=1S/C19H21NO3/c1-12-8-9-16(10-14(12)3)18(19(22)23)20-17(21)11-15-7-5-4-6-13(15)2/h4-10,18H,11H2,1-3H3,(H,20,21)(H,22,23). The molecule has 0 aliphatic rings. The minimum absolute atomic E-state index is 0.168. The van der Waals surface area contributed by atoms with Crippen molar-refractivity contribution < 1.29 is 14.7 Å². The van der Waals surface area contributed by atoms with Crippen molar-refractivity contribution >= 4 is 11.9 Å². The van der Waals surface area contributed by atoms with Crippen molar-refractivity contribution in [2.75, 3.05) is 0 Å². The van der Waals surface area contributed by atoms with Crippen molar-refractivity contribution in [2.45, 2.75) is 33.2 Å². The van der Waals surface area contributed by atoms with Gasteiger partial charge in [-0.1, -0.05) is 42.5 Å². The third-order valence-electron chi connectivity index (χ3n) is 4.03. The number of nitrogens with one attached hydrogen (secondary N) is 1. The minimum atomic E-state index is -1.06. The van der Waals surface area contributed by atoms with Gasteiger partial charge in [0.05, 0.1) is 6.42 Å². The predicted octanol–water partition coefficient (Wildman–Crippen LogP) is 3.10. The number of amides is 1. The Bertz CT molecular complexity index is 737. The monoisotopic (exact) mass is 311 g/mol. The van der Waals surface area contributed by atoms with Crippen molar-refractivity contribution in [2.24, 2.45) is 0 Å². The summed E-state index contributed by atoms with van der Waals surface area (Å²) < 4.78 is 0. The smallest absolute Gasteiger partial charge is 0.330 e. The third kappa shape index (κ3) is 4.19. The van der Waals surface area contributed by atoms with Crippen molar-refractivity contribution in [3.63, 3.8) is 0 Å².